The first-order chi connectivity index (χ1) is 13.8. The molecule has 0 spiro atoms. The van der Waals surface area contributed by atoms with Crippen molar-refractivity contribution in [3.05, 3.63) is 68.7 Å². The average Bonchev–Trinajstić information content (AvgIpc) is 2.67. The van der Waals surface area contributed by atoms with E-state index in [4.69, 9.17) is 23.2 Å². The van der Waals surface area contributed by atoms with Crippen LogP contribution in [0.2, 0.25) is 10.0 Å². The molecule has 4 nitrogen and oxygen atoms in total. The summed E-state index contributed by atoms with van der Waals surface area (Å²) in [5.74, 6) is -0.305. The Morgan fingerprint density at radius 1 is 1.07 bits per heavy atom. The van der Waals surface area contributed by atoms with Gasteiger partial charge in [-0.05, 0) is 50.5 Å². The van der Waals surface area contributed by atoms with E-state index in [9.17, 15) is 9.59 Å². The number of nitrogens with one attached hydrogen (secondary N) is 1. The van der Waals surface area contributed by atoms with Crippen LogP contribution in [0.1, 0.15) is 42.5 Å². The fraction of sp³-hybridized carbons (Fsp3) is 0.391. The van der Waals surface area contributed by atoms with Crippen LogP contribution in [-0.2, 0) is 22.6 Å². The quantitative estimate of drug-likeness (QED) is 0.628. The minimum atomic E-state index is -0.597. The van der Waals surface area contributed by atoms with E-state index in [1.54, 1.807) is 23.1 Å². The van der Waals surface area contributed by atoms with Crippen molar-refractivity contribution in [2.75, 3.05) is 6.54 Å². The number of amides is 2. The third-order valence-corrected chi connectivity index (χ3v) is 5.68. The predicted octanol–water partition coefficient (Wildman–Crippen LogP) is 5.10. The normalized spacial score (nSPS) is 11.8. The Labute approximate surface area is 183 Å². The first-order valence-corrected chi connectivity index (χ1v) is 10.6. The summed E-state index contributed by atoms with van der Waals surface area (Å²) in [6.07, 6.45) is 0.706. The molecule has 0 aliphatic carbocycles. The molecule has 0 saturated heterocycles. The molecule has 0 fully saturated rings. The zero-order chi connectivity index (χ0) is 21.6. The third-order valence-electron chi connectivity index (χ3n) is 4.97. The fourth-order valence-corrected chi connectivity index (χ4v) is 3.84. The van der Waals surface area contributed by atoms with Gasteiger partial charge in [-0.25, -0.2) is 0 Å². The largest absolute Gasteiger partial charge is 0.355 e. The van der Waals surface area contributed by atoms with Gasteiger partial charge >= 0.3 is 0 Å². The summed E-state index contributed by atoms with van der Waals surface area (Å²) in [6, 6.07) is 10.7. The number of hydrogen-bond acceptors (Lipinski definition) is 2. The van der Waals surface area contributed by atoms with Crippen molar-refractivity contribution in [2.45, 2.75) is 53.1 Å². The van der Waals surface area contributed by atoms with Gasteiger partial charge in [0.05, 0.1) is 6.42 Å². The second-order valence-electron chi connectivity index (χ2n) is 7.15. The summed E-state index contributed by atoms with van der Waals surface area (Å²) < 4.78 is 0. The van der Waals surface area contributed by atoms with Crippen LogP contribution in [0.3, 0.4) is 0 Å². The van der Waals surface area contributed by atoms with Crippen molar-refractivity contribution < 1.29 is 9.59 Å². The highest BCUT2D eigenvalue weighted by atomic mass is 35.5. The maximum atomic E-state index is 13.4. The number of aryl methyl sites for hydroxylation is 2. The maximum Gasteiger partial charge on any atom is 0.242 e. The van der Waals surface area contributed by atoms with E-state index >= 15 is 0 Å². The number of hydrogen-bond donors (Lipinski definition) is 1. The third kappa shape index (κ3) is 5.97. The van der Waals surface area contributed by atoms with E-state index in [0.717, 1.165) is 16.7 Å². The molecule has 6 heteroatoms. The lowest BCUT2D eigenvalue weighted by molar-refractivity contribution is -0.140. The van der Waals surface area contributed by atoms with Gasteiger partial charge in [-0.1, -0.05) is 60.0 Å². The highest BCUT2D eigenvalue weighted by Crippen LogP contribution is 2.27. The molecule has 2 aromatic carbocycles. The Bertz CT molecular complexity index is 863. The smallest absolute Gasteiger partial charge is 0.242 e. The molecule has 0 radical (unpaired) electrons. The van der Waals surface area contributed by atoms with Crippen LogP contribution in [0.4, 0.5) is 0 Å². The molecule has 2 aromatic rings. The van der Waals surface area contributed by atoms with Crippen LogP contribution in [0.5, 0.6) is 0 Å². The lowest BCUT2D eigenvalue weighted by Crippen LogP contribution is -2.49. The van der Waals surface area contributed by atoms with E-state index in [1.165, 1.54) is 0 Å². The molecule has 1 unspecified atom stereocenters. The summed E-state index contributed by atoms with van der Waals surface area (Å²) >= 11 is 12.7. The lowest BCUT2D eigenvalue weighted by Gasteiger charge is -2.31. The molecule has 2 rings (SSSR count). The summed E-state index contributed by atoms with van der Waals surface area (Å²) in [5.41, 5.74) is 3.74. The molecular weight excluding hydrogens is 407 g/mol. The number of nitrogens with zero attached hydrogens (tertiary/aromatic N) is 1. The van der Waals surface area contributed by atoms with Crippen molar-refractivity contribution >= 4 is 35.0 Å². The molecule has 0 bridgehead atoms. The zero-order valence-electron chi connectivity index (χ0n) is 17.4. The van der Waals surface area contributed by atoms with Crippen molar-refractivity contribution in [3.8, 4) is 0 Å². The Morgan fingerprint density at radius 3 is 2.31 bits per heavy atom. The molecule has 29 heavy (non-hydrogen) atoms. The SMILES string of the molecule is CCNC(=O)C(CC)N(Cc1c(Cl)cccc1Cl)C(=O)Cc1cc(C)ccc1C. The summed E-state index contributed by atoms with van der Waals surface area (Å²) in [6.45, 7) is 8.42. The Morgan fingerprint density at radius 2 is 1.72 bits per heavy atom. The van der Waals surface area contributed by atoms with Crippen LogP contribution in [0.15, 0.2) is 36.4 Å². The van der Waals surface area contributed by atoms with E-state index in [-0.39, 0.29) is 24.8 Å². The molecule has 1 atom stereocenters. The van der Waals surface area contributed by atoms with Gasteiger partial charge in [0.25, 0.3) is 0 Å². The second kappa shape index (κ2) is 10.7. The zero-order valence-corrected chi connectivity index (χ0v) is 18.9. The number of carbonyl (C=O) groups excluding carboxylic acids is 2. The van der Waals surface area contributed by atoms with Crippen LogP contribution in [0.25, 0.3) is 0 Å². The van der Waals surface area contributed by atoms with Crippen molar-refractivity contribution in [3.63, 3.8) is 0 Å². The van der Waals surface area contributed by atoms with Crippen LogP contribution in [-0.4, -0.2) is 29.3 Å². The van der Waals surface area contributed by atoms with Gasteiger partial charge in [0.1, 0.15) is 6.04 Å². The van der Waals surface area contributed by atoms with Gasteiger partial charge in [-0.3, -0.25) is 9.59 Å². The van der Waals surface area contributed by atoms with Gasteiger partial charge in [-0.2, -0.15) is 0 Å². The summed E-state index contributed by atoms with van der Waals surface area (Å²) in [4.78, 5) is 27.7. The standard InChI is InChI=1S/C23H28Cl2N2O2/c1-5-21(23(29)26-6-2)27(14-18-19(24)8-7-9-20(18)25)22(28)13-17-12-15(3)10-11-16(17)4/h7-12,21H,5-6,13-14H2,1-4H3,(H,26,29). The second-order valence-corrected chi connectivity index (χ2v) is 7.96. The molecule has 0 heterocycles. The number of benzene rings is 2. The Hall–Kier alpha value is -2.04. The van der Waals surface area contributed by atoms with Crippen molar-refractivity contribution in [2.24, 2.45) is 0 Å². The molecule has 1 N–H and O–H groups in total. The van der Waals surface area contributed by atoms with Gasteiger partial charge < -0.3 is 10.2 Å². The van der Waals surface area contributed by atoms with Crippen LogP contribution in [0, 0.1) is 13.8 Å². The van der Waals surface area contributed by atoms with Crippen LogP contribution >= 0.6 is 23.2 Å². The number of rotatable bonds is 8. The molecule has 0 aliphatic rings. The minimum Gasteiger partial charge on any atom is -0.355 e. The van der Waals surface area contributed by atoms with E-state index in [1.807, 2.05) is 45.9 Å². The number of carbonyl (C=O) groups is 2. The van der Waals surface area contributed by atoms with Crippen molar-refractivity contribution in [1.82, 2.24) is 10.2 Å². The molecule has 2 amide bonds. The molecule has 0 saturated carbocycles. The van der Waals surface area contributed by atoms with Gasteiger partial charge in [0, 0.05) is 28.7 Å². The molecule has 0 aliphatic heterocycles. The molecule has 156 valence electrons. The maximum absolute atomic E-state index is 13.4. The predicted molar refractivity (Wildman–Crippen MR) is 119 cm³/mol. The first-order valence-electron chi connectivity index (χ1n) is 9.84. The van der Waals surface area contributed by atoms with E-state index in [2.05, 4.69) is 5.32 Å². The minimum absolute atomic E-state index is 0.132. The highest BCUT2D eigenvalue weighted by molar-refractivity contribution is 6.36. The van der Waals surface area contributed by atoms with Crippen molar-refractivity contribution in [1.29, 1.82) is 0 Å². The Kier molecular flexibility index (Phi) is 8.54. The monoisotopic (exact) mass is 434 g/mol. The molecular formula is C23H28Cl2N2O2. The fourth-order valence-electron chi connectivity index (χ4n) is 3.32. The number of halogens is 2. The topological polar surface area (TPSA) is 49.4 Å². The summed E-state index contributed by atoms with van der Waals surface area (Å²) in [5, 5.41) is 3.79. The van der Waals surface area contributed by atoms with Gasteiger partial charge in [0.2, 0.25) is 11.8 Å². The van der Waals surface area contributed by atoms with Gasteiger partial charge in [0.15, 0.2) is 0 Å². The average molecular weight is 435 g/mol. The summed E-state index contributed by atoms with van der Waals surface area (Å²) in [7, 11) is 0. The lowest BCUT2D eigenvalue weighted by atomic mass is 10.0. The Balaban J connectivity index is 2.40. The van der Waals surface area contributed by atoms with E-state index < -0.39 is 6.04 Å². The van der Waals surface area contributed by atoms with Crippen LogP contribution < -0.4 is 5.32 Å². The van der Waals surface area contributed by atoms with Gasteiger partial charge in [-0.15, -0.1) is 0 Å². The first kappa shape index (κ1) is 23.2. The number of likely N-dealkylation sites (N-methyl/N-ethyl adjacent to an activating group) is 1. The van der Waals surface area contributed by atoms with E-state index in [0.29, 0.717) is 28.6 Å². The molecule has 0 aromatic heterocycles. The highest BCUT2D eigenvalue weighted by Gasteiger charge is 2.29.